The third-order valence-electron chi connectivity index (χ3n) is 25.0. The van der Waals surface area contributed by atoms with Crippen molar-refractivity contribution in [3.8, 4) is 57.3 Å². The summed E-state index contributed by atoms with van der Waals surface area (Å²) in [5.74, 6) is -1.93. The molecule has 11 N–H and O–H groups in total. The highest BCUT2D eigenvalue weighted by Gasteiger charge is 2.69. The monoisotopic (exact) mass is 1220 g/mol. The molecule has 5 aromatic carbocycles. The second-order valence-corrected chi connectivity index (χ2v) is 30.0. The summed E-state index contributed by atoms with van der Waals surface area (Å²) in [6.45, 7) is 4.34. The number of rotatable bonds is 18. The van der Waals surface area contributed by atoms with Crippen LogP contribution < -0.4 is 15.2 Å². The van der Waals surface area contributed by atoms with Crippen LogP contribution in [0.25, 0.3) is 11.3 Å². The Balaban J connectivity index is 0.955. The minimum absolute atomic E-state index is 0.0270. The normalized spacial score (nSPS) is 32.0. The fraction of sp³-hybridized carbons (Fsp3) is 0.545. The number of H-pyrrole nitrogens is 1. The van der Waals surface area contributed by atoms with Crippen molar-refractivity contribution in [2.75, 3.05) is 6.73 Å². The zero-order valence-electron chi connectivity index (χ0n) is 52.6. The van der Waals surface area contributed by atoms with Crippen LogP contribution in [0.3, 0.4) is 0 Å². The molecule has 6 fully saturated rings. The van der Waals surface area contributed by atoms with E-state index >= 15 is 4.79 Å². The van der Waals surface area contributed by atoms with Gasteiger partial charge in [0.05, 0.1) is 11.7 Å². The molecular weight excluding hydrogens is 1130 g/mol. The van der Waals surface area contributed by atoms with Gasteiger partial charge in [-0.15, -0.1) is 0 Å². The summed E-state index contributed by atoms with van der Waals surface area (Å²) in [5.41, 5.74) is 12.6. The lowest BCUT2D eigenvalue weighted by Gasteiger charge is -2.56. The first-order chi connectivity index (χ1) is 43.4. The molecule has 1 aromatic heterocycles. The van der Waals surface area contributed by atoms with E-state index in [1.807, 2.05) is 18.2 Å². The van der Waals surface area contributed by atoms with Crippen molar-refractivity contribution >= 4 is 5.78 Å². The van der Waals surface area contributed by atoms with Crippen LogP contribution in [0.15, 0.2) is 103 Å². The number of phenols is 6. The fourth-order valence-corrected chi connectivity index (χ4v) is 21.2. The molecule has 0 unspecified atom stereocenters. The molecule has 0 amide bonds. The maximum absolute atomic E-state index is 15.6. The van der Waals surface area contributed by atoms with Crippen LogP contribution in [0.1, 0.15) is 205 Å². The van der Waals surface area contributed by atoms with Gasteiger partial charge >= 0.3 is 0 Å². The van der Waals surface area contributed by atoms with Gasteiger partial charge in [0.1, 0.15) is 35.4 Å². The molecule has 0 saturated heterocycles. The van der Waals surface area contributed by atoms with E-state index in [-0.39, 0.29) is 106 Å². The van der Waals surface area contributed by atoms with Gasteiger partial charge in [0.25, 0.3) is 0 Å². The number of hydrogen-bond donors (Lipinski definition) is 10. The molecule has 9 aliphatic carbocycles. The van der Waals surface area contributed by atoms with Gasteiger partial charge in [-0.3, -0.25) is 10.5 Å². The van der Waals surface area contributed by atoms with E-state index in [0.29, 0.717) is 55.9 Å². The number of benzene rings is 5. The number of aromatic nitrogens is 1. The Bertz CT molecular complexity index is 3640. The number of nitrogens with two attached hydrogens (primary N) is 1. The maximum Gasteiger partial charge on any atom is 0.200 e. The molecule has 90 heavy (non-hydrogen) atoms. The van der Waals surface area contributed by atoms with Gasteiger partial charge in [0.15, 0.2) is 23.0 Å². The number of Topliss-reactive ketones (excluding diaryl/α,β-unsaturated/α-hetero) is 1. The maximum atomic E-state index is 15.6. The van der Waals surface area contributed by atoms with E-state index in [9.17, 15) is 40.9 Å². The van der Waals surface area contributed by atoms with E-state index in [1.54, 1.807) is 42.5 Å². The van der Waals surface area contributed by atoms with Crippen LogP contribution in [0.2, 0.25) is 0 Å². The van der Waals surface area contributed by atoms with E-state index in [0.717, 1.165) is 124 Å². The highest BCUT2D eigenvalue weighted by Crippen LogP contribution is 2.78. The molecule has 6 saturated carbocycles. The van der Waals surface area contributed by atoms with Gasteiger partial charge in [-0.2, -0.15) is 0 Å². The number of phenolic OH excluding ortho intramolecular Hbond substituents is 6. The van der Waals surface area contributed by atoms with Gasteiger partial charge < -0.3 is 55.3 Å². The lowest BCUT2D eigenvalue weighted by atomic mass is 9.47. The van der Waals surface area contributed by atoms with Gasteiger partial charge in [-0.1, -0.05) is 88.1 Å². The number of ether oxygens (including phenoxy) is 2. The summed E-state index contributed by atoms with van der Waals surface area (Å²) in [5, 5.41) is 95.8. The van der Waals surface area contributed by atoms with Gasteiger partial charge in [-0.05, 0) is 244 Å². The number of carbonyl (C=O) groups is 1. The lowest BCUT2D eigenvalue weighted by molar-refractivity contribution is -0.136. The average molecular weight is 1220 g/mol. The predicted molar refractivity (Wildman–Crippen MR) is 346 cm³/mol. The van der Waals surface area contributed by atoms with Crippen LogP contribution in [0.5, 0.6) is 46.0 Å². The van der Waals surface area contributed by atoms with Crippen LogP contribution in [0, 0.1) is 52.8 Å². The molecule has 13 heteroatoms. The number of aromatic amines is 1. The minimum Gasteiger partial charge on any atom is -0.508 e. The molecule has 2 bridgehead atoms. The summed E-state index contributed by atoms with van der Waals surface area (Å²) in [7, 11) is 0. The molecule has 1 spiro atoms. The summed E-state index contributed by atoms with van der Waals surface area (Å²) in [6.07, 6.45) is 19.7. The van der Waals surface area contributed by atoms with Crippen LogP contribution in [-0.2, 0) is 28.7 Å². The standard InChI is InChI=1S/C77H94N2O11/c1-44(2)15-19-50-11-9-28-77(50,51-10-8-12-52(80)39-51)90-72-66-49-37-56-48(35-47-18-20-53(81)40-63(47)84)36-57(61(82)21-16-45-17-22-62(83)65(34-45)89-43-78)70(86)68(56)67(58(66)41-64(85)71(72)87)60(38-49)76-32-31-74(29-23-46(42-74)24-30-75(88)26-6-3-7-27-75)73(76)55-25-33-79-69(55)54-13-4-5-14-59(54)76/h4-5,8,10,12-14,17-18,20,22,25,33-34,39-41,44,46,48-50,56-57,60,67-68,70,73,79-81,83-88H,3,6-7,9,11,15-16,19,21,23-24,26-32,35-38,42-43,78H2,1-2H3/t46-,48-,49+,50+,56-,57+,60+,67+,68-,70+,73-,74+,76-,77+/m1/s1. The van der Waals surface area contributed by atoms with Crippen LogP contribution in [0.4, 0.5) is 0 Å². The number of carbonyl (C=O) groups excluding carboxylic acids is 1. The minimum atomic E-state index is -1.14. The molecule has 0 aliphatic heterocycles. The third-order valence-corrected chi connectivity index (χ3v) is 25.0. The molecule has 1 heterocycles. The predicted octanol–water partition coefficient (Wildman–Crippen LogP) is 15.1. The number of nitrogens with one attached hydrogen (secondary N) is 1. The van der Waals surface area contributed by atoms with Crippen LogP contribution in [-0.4, -0.2) is 70.1 Å². The molecule has 6 aromatic rings. The van der Waals surface area contributed by atoms with Crippen LogP contribution >= 0.6 is 0 Å². The number of aliphatic hydroxyl groups excluding tert-OH is 1. The Morgan fingerprint density at radius 2 is 1.59 bits per heavy atom. The average Bonchev–Trinajstić information content (AvgIpc) is 0.904. The summed E-state index contributed by atoms with van der Waals surface area (Å²) in [6, 6.07) is 30.3. The second kappa shape index (κ2) is 23.8. The summed E-state index contributed by atoms with van der Waals surface area (Å²) in [4.78, 5) is 19.4. The molecule has 15 rings (SSSR count). The van der Waals surface area contributed by atoms with Crippen molar-refractivity contribution in [1.82, 2.24) is 4.98 Å². The van der Waals surface area contributed by atoms with Crippen molar-refractivity contribution in [2.24, 2.45) is 58.5 Å². The van der Waals surface area contributed by atoms with Crippen molar-refractivity contribution < 1.29 is 55.1 Å². The Morgan fingerprint density at radius 3 is 2.39 bits per heavy atom. The van der Waals surface area contributed by atoms with Gasteiger partial charge in [-0.25, -0.2) is 0 Å². The SMILES string of the molecule is CC(C)CC[C@@H]1CCC[C@@]1(Oc1c(O)c(O)cc2c1[C@H]1C[C@@H]3[C@H](Cc4ccc(O)cc4O)C[C@@H](C(=O)CCc4ccc(O)c(OCN)c4)[C@H](O)[C@H]3[C@@H]2[C@@H]([C@]23CC[C@]4(CC[C@H](CCC5(O)CCCCC5)C4)[C@H]2c2cc[nH]c2-c2ccccc23)C1)c1cccc(O)c1. The van der Waals surface area contributed by atoms with Crippen molar-refractivity contribution in [2.45, 2.75) is 202 Å². The van der Waals surface area contributed by atoms with E-state index in [4.69, 9.17) is 15.2 Å². The highest BCUT2D eigenvalue weighted by atomic mass is 16.5. The largest absolute Gasteiger partial charge is 0.508 e. The molecule has 9 aliphatic rings. The zero-order valence-corrected chi connectivity index (χ0v) is 52.6. The Hall–Kier alpha value is -6.67. The number of fused-ring (bicyclic) bond motifs is 9. The number of aliphatic hydroxyl groups is 2. The van der Waals surface area contributed by atoms with E-state index in [1.165, 1.54) is 29.2 Å². The lowest BCUT2D eigenvalue weighted by Crippen LogP contribution is -2.53. The number of ketones is 1. The smallest absolute Gasteiger partial charge is 0.200 e. The van der Waals surface area contributed by atoms with Crippen molar-refractivity contribution in [1.29, 1.82) is 0 Å². The first-order valence-corrected chi connectivity index (χ1v) is 34.4. The quantitative estimate of drug-likeness (QED) is 0.0286. The molecule has 14 atom stereocenters. The van der Waals surface area contributed by atoms with Crippen molar-refractivity contribution in [3.05, 3.63) is 142 Å². The Kier molecular flexibility index (Phi) is 16.1. The Morgan fingerprint density at radius 1 is 0.767 bits per heavy atom. The summed E-state index contributed by atoms with van der Waals surface area (Å²) >= 11 is 0. The fourth-order valence-electron chi connectivity index (χ4n) is 21.2. The first kappa shape index (κ1) is 60.9. The molecule has 0 radical (unpaired) electrons. The Labute approximate surface area is 530 Å². The first-order valence-electron chi connectivity index (χ1n) is 34.4. The van der Waals surface area contributed by atoms with E-state index in [2.05, 4.69) is 55.4 Å². The topological polar surface area (TPSA) is 239 Å². The molecule has 478 valence electrons. The number of hydrogen-bond acceptors (Lipinski definition) is 12. The third kappa shape index (κ3) is 10.3. The zero-order chi connectivity index (χ0) is 62.4. The van der Waals surface area contributed by atoms with Crippen molar-refractivity contribution in [3.63, 3.8) is 0 Å². The molecule has 13 nitrogen and oxygen atoms in total. The van der Waals surface area contributed by atoms with E-state index < -0.39 is 40.5 Å². The van der Waals surface area contributed by atoms with Gasteiger partial charge in [0.2, 0.25) is 5.75 Å². The number of aromatic hydroxyl groups is 6. The summed E-state index contributed by atoms with van der Waals surface area (Å²) < 4.78 is 13.4. The van der Waals surface area contributed by atoms with Gasteiger partial charge in [0, 0.05) is 58.7 Å². The molecular formula is C77H94N2O11. The number of aryl methyl sites for hydroxylation is 1. The second-order valence-electron chi connectivity index (χ2n) is 30.0. The highest BCUT2D eigenvalue weighted by molar-refractivity contribution is 5.82.